The van der Waals surface area contributed by atoms with Crippen LogP contribution in [0.1, 0.15) is 11.4 Å². The highest BCUT2D eigenvalue weighted by Gasteiger charge is 2.02. The van der Waals surface area contributed by atoms with Gasteiger partial charge < -0.3 is 10.4 Å². The highest BCUT2D eigenvalue weighted by Crippen LogP contribution is 2.00. The third-order valence-electron chi connectivity index (χ3n) is 1.49. The predicted molar refractivity (Wildman–Crippen MR) is 45.4 cm³/mol. The minimum Gasteiger partial charge on any atom is -0.480 e. The molecular weight excluding hydrogens is 172 g/mol. The van der Waals surface area contributed by atoms with Gasteiger partial charge in [-0.1, -0.05) is 0 Å². The Hall–Kier alpha value is -1.72. The molecular formula is C7H10N4O2. The first-order valence-corrected chi connectivity index (χ1v) is 3.73. The van der Waals surface area contributed by atoms with E-state index in [-0.39, 0.29) is 12.5 Å². The van der Waals surface area contributed by atoms with Gasteiger partial charge in [-0.2, -0.15) is 5.10 Å². The van der Waals surface area contributed by atoms with Crippen molar-refractivity contribution in [3.8, 4) is 0 Å². The van der Waals surface area contributed by atoms with Crippen LogP contribution in [0.15, 0.2) is 0 Å². The van der Waals surface area contributed by atoms with Crippen LogP contribution in [0.3, 0.4) is 0 Å². The molecule has 70 valence electrons. The van der Waals surface area contributed by atoms with Gasteiger partial charge in [-0.15, -0.1) is 5.10 Å². The highest BCUT2D eigenvalue weighted by atomic mass is 16.4. The van der Waals surface area contributed by atoms with Gasteiger partial charge in [-0.25, -0.2) is 4.98 Å². The summed E-state index contributed by atoms with van der Waals surface area (Å²) in [6.45, 7) is 3.37. The number of aromatic nitrogens is 3. The number of hydrogen-bond donors (Lipinski definition) is 2. The fourth-order valence-electron chi connectivity index (χ4n) is 0.686. The molecule has 0 bridgehead atoms. The second kappa shape index (κ2) is 3.79. The lowest BCUT2D eigenvalue weighted by Crippen LogP contribution is -2.15. The van der Waals surface area contributed by atoms with Crippen LogP contribution >= 0.6 is 0 Å². The van der Waals surface area contributed by atoms with E-state index in [0.29, 0.717) is 0 Å². The Balaban J connectivity index is 2.68. The van der Waals surface area contributed by atoms with Crippen LogP contribution in [0, 0.1) is 13.8 Å². The van der Waals surface area contributed by atoms with Gasteiger partial charge in [0.2, 0.25) is 5.95 Å². The van der Waals surface area contributed by atoms with E-state index in [9.17, 15) is 4.79 Å². The van der Waals surface area contributed by atoms with Crippen LogP contribution in [-0.2, 0) is 4.79 Å². The summed E-state index contributed by atoms with van der Waals surface area (Å²) < 4.78 is 0. The van der Waals surface area contributed by atoms with E-state index >= 15 is 0 Å². The van der Waals surface area contributed by atoms with Crippen LogP contribution in [0.2, 0.25) is 0 Å². The van der Waals surface area contributed by atoms with E-state index in [4.69, 9.17) is 5.11 Å². The number of anilines is 1. The average Bonchev–Trinajstić information content (AvgIpc) is 2.07. The zero-order valence-electron chi connectivity index (χ0n) is 7.40. The van der Waals surface area contributed by atoms with Crippen LogP contribution in [-0.4, -0.2) is 32.8 Å². The Morgan fingerprint density at radius 2 is 2.08 bits per heavy atom. The first-order valence-electron chi connectivity index (χ1n) is 3.73. The second-order valence-corrected chi connectivity index (χ2v) is 2.55. The maximum absolute atomic E-state index is 10.2. The normalized spacial score (nSPS) is 9.69. The Kier molecular flexibility index (Phi) is 2.73. The van der Waals surface area contributed by atoms with Gasteiger partial charge in [0.1, 0.15) is 6.54 Å². The zero-order valence-corrected chi connectivity index (χ0v) is 7.40. The summed E-state index contributed by atoms with van der Waals surface area (Å²) in [7, 11) is 0. The summed E-state index contributed by atoms with van der Waals surface area (Å²) in [5.74, 6) is -0.715. The fourth-order valence-corrected chi connectivity index (χ4v) is 0.686. The molecule has 0 aliphatic carbocycles. The molecule has 0 aliphatic heterocycles. The van der Waals surface area contributed by atoms with Gasteiger partial charge in [0, 0.05) is 0 Å². The molecule has 1 aromatic heterocycles. The van der Waals surface area contributed by atoms with E-state index in [0.717, 1.165) is 11.4 Å². The van der Waals surface area contributed by atoms with Crippen LogP contribution < -0.4 is 5.32 Å². The van der Waals surface area contributed by atoms with Crippen molar-refractivity contribution in [2.45, 2.75) is 13.8 Å². The van der Waals surface area contributed by atoms with Crippen LogP contribution in [0.4, 0.5) is 5.95 Å². The van der Waals surface area contributed by atoms with Crippen molar-refractivity contribution in [2.24, 2.45) is 0 Å². The maximum atomic E-state index is 10.2. The van der Waals surface area contributed by atoms with Crippen molar-refractivity contribution in [3.05, 3.63) is 11.4 Å². The van der Waals surface area contributed by atoms with E-state index in [1.165, 1.54) is 0 Å². The zero-order chi connectivity index (χ0) is 9.84. The Morgan fingerprint density at radius 3 is 2.62 bits per heavy atom. The summed E-state index contributed by atoms with van der Waals surface area (Å²) in [4.78, 5) is 14.2. The fraction of sp³-hybridized carbons (Fsp3) is 0.429. The minimum atomic E-state index is -0.957. The Bertz CT molecular complexity index is 326. The van der Waals surface area contributed by atoms with Crippen molar-refractivity contribution >= 4 is 11.9 Å². The van der Waals surface area contributed by atoms with Crippen LogP contribution in [0.25, 0.3) is 0 Å². The second-order valence-electron chi connectivity index (χ2n) is 2.55. The monoisotopic (exact) mass is 182 g/mol. The molecule has 0 saturated heterocycles. The number of aryl methyl sites for hydroxylation is 2. The van der Waals surface area contributed by atoms with Gasteiger partial charge in [0.05, 0.1) is 11.4 Å². The molecule has 6 heteroatoms. The molecule has 1 aromatic rings. The lowest BCUT2D eigenvalue weighted by Gasteiger charge is -2.02. The van der Waals surface area contributed by atoms with Gasteiger partial charge in [-0.3, -0.25) is 4.79 Å². The third-order valence-corrected chi connectivity index (χ3v) is 1.49. The number of carbonyl (C=O) groups is 1. The van der Waals surface area contributed by atoms with Crippen molar-refractivity contribution < 1.29 is 9.90 Å². The molecule has 0 spiro atoms. The van der Waals surface area contributed by atoms with Crippen molar-refractivity contribution in [1.29, 1.82) is 0 Å². The third kappa shape index (κ3) is 2.66. The first-order chi connectivity index (χ1) is 6.09. The van der Waals surface area contributed by atoms with Crippen LogP contribution in [0.5, 0.6) is 0 Å². The number of rotatable bonds is 3. The summed E-state index contributed by atoms with van der Waals surface area (Å²) in [5.41, 5.74) is 1.48. The topological polar surface area (TPSA) is 88.0 Å². The summed E-state index contributed by atoms with van der Waals surface area (Å²) >= 11 is 0. The van der Waals surface area contributed by atoms with Crippen molar-refractivity contribution in [2.75, 3.05) is 11.9 Å². The largest absolute Gasteiger partial charge is 0.480 e. The van der Waals surface area contributed by atoms with E-state index in [2.05, 4.69) is 20.5 Å². The standard InChI is InChI=1S/C7H10N4O2/c1-4-5(2)10-11-7(9-4)8-3-6(12)13/h3H2,1-2H3,(H,12,13)(H,8,9,11). The lowest BCUT2D eigenvalue weighted by atomic mass is 10.4. The molecule has 0 fully saturated rings. The number of aliphatic carboxylic acids is 1. The van der Waals surface area contributed by atoms with E-state index in [1.807, 2.05) is 0 Å². The quantitative estimate of drug-likeness (QED) is 0.683. The number of nitrogens with one attached hydrogen (secondary N) is 1. The molecule has 0 radical (unpaired) electrons. The SMILES string of the molecule is Cc1nnc(NCC(=O)O)nc1C. The molecule has 1 heterocycles. The molecule has 0 amide bonds. The molecule has 0 saturated carbocycles. The summed E-state index contributed by atoms with van der Waals surface area (Å²) in [5, 5.41) is 18.4. The molecule has 0 aliphatic rings. The molecule has 0 aromatic carbocycles. The number of carboxylic acids is 1. The molecule has 1 rings (SSSR count). The van der Waals surface area contributed by atoms with Gasteiger partial charge in [0.25, 0.3) is 0 Å². The number of carboxylic acid groups (broad SMARTS) is 1. The van der Waals surface area contributed by atoms with E-state index < -0.39 is 5.97 Å². The molecule has 0 unspecified atom stereocenters. The molecule has 2 N–H and O–H groups in total. The lowest BCUT2D eigenvalue weighted by molar-refractivity contribution is -0.134. The number of nitrogens with zero attached hydrogens (tertiary/aromatic N) is 3. The molecule has 0 atom stereocenters. The minimum absolute atomic E-state index is 0.204. The maximum Gasteiger partial charge on any atom is 0.322 e. The van der Waals surface area contributed by atoms with Crippen molar-refractivity contribution in [1.82, 2.24) is 15.2 Å². The Morgan fingerprint density at radius 1 is 1.38 bits per heavy atom. The van der Waals surface area contributed by atoms with E-state index in [1.54, 1.807) is 13.8 Å². The van der Waals surface area contributed by atoms with Crippen molar-refractivity contribution in [3.63, 3.8) is 0 Å². The predicted octanol–water partition coefficient (Wildman–Crippen LogP) is -0.0151. The Labute approximate surface area is 75.0 Å². The number of hydrogen-bond acceptors (Lipinski definition) is 5. The molecule has 13 heavy (non-hydrogen) atoms. The summed E-state index contributed by atoms with van der Waals surface area (Å²) in [6.07, 6.45) is 0. The molecule has 6 nitrogen and oxygen atoms in total. The van der Waals surface area contributed by atoms with Gasteiger partial charge in [-0.05, 0) is 13.8 Å². The summed E-state index contributed by atoms with van der Waals surface area (Å²) in [6, 6.07) is 0. The highest BCUT2D eigenvalue weighted by molar-refractivity contribution is 5.71. The average molecular weight is 182 g/mol. The first kappa shape index (κ1) is 9.37. The van der Waals surface area contributed by atoms with Gasteiger partial charge in [0.15, 0.2) is 0 Å². The smallest absolute Gasteiger partial charge is 0.322 e. The van der Waals surface area contributed by atoms with Gasteiger partial charge >= 0.3 is 5.97 Å².